The monoisotopic (exact) mass is 355 g/mol. The zero-order valence-electron chi connectivity index (χ0n) is 13.0. The lowest BCUT2D eigenvalue weighted by atomic mass is 10.2. The third kappa shape index (κ3) is 7.27. The highest BCUT2D eigenvalue weighted by molar-refractivity contribution is 9.10. The van der Waals surface area contributed by atoms with E-state index >= 15 is 0 Å². The lowest BCUT2D eigenvalue weighted by molar-refractivity contribution is -0.156. The predicted molar refractivity (Wildman–Crippen MR) is 85.7 cm³/mol. The molecule has 0 unspecified atom stereocenters. The molecular weight excluding hydrogens is 334 g/mol. The van der Waals surface area contributed by atoms with Gasteiger partial charge in [0.25, 0.3) is 0 Å². The van der Waals surface area contributed by atoms with Crippen molar-refractivity contribution in [2.75, 3.05) is 7.05 Å². The van der Waals surface area contributed by atoms with Crippen molar-refractivity contribution in [3.63, 3.8) is 0 Å². The molecule has 1 aromatic rings. The van der Waals surface area contributed by atoms with Crippen LogP contribution in [-0.4, -0.2) is 29.4 Å². The lowest BCUT2D eigenvalue weighted by Crippen LogP contribution is -2.28. The van der Waals surface area contributed by atoms with E-state index in [2.05, 4.69) is 15.9 Å². The molecule has 4 nitrogen and oxygen atoms in total. The summed E-state index contributed by atoms with van der Waals surface area (Å²) in [4.78, 5) is 25.2. The number of carbonyl (C=O) groups excluding carboxylic acids is 2. The smallest absolute Gasteiger partial charge is 0.306 e. The molecule has 21 heavy (non-hydrogen) atoms. The predicted octanol–water partition coefficient (Wildman–Crippen LogP) is 3.53. The average Bonchev–Trinajstić information content (AvgIpc) is 2.33. The second kappa shape index (κ2) is 7.59. The van der Waals surface area contributed by atoms with E-state index in [1.807, 2.05) is 45.0 Å². The molecule has 116 valence electrons. The Kier molecular flexibility index (Phi) is 6.40. The maximum absolute atomic E-state index is 12.0. The third-order valence-corrected chi connectivity index (χ3v) is 3.19. The first-order chi connectivity index (χ1) is 9.67. The lowest BCUT2D eigenvalue weighted by Gasteiger charge is -2.20. The van der Waals surface area contributed by atoms with Gasteiger partial charge in [0.05, 0.1) is 6.42 Å². The molecule has 0 aliphatic rings. The van der Waals surface area contributed by atoms with Crippen LogP contribution in [0.4, 0.5) is 0 Å². The van der Waals surface area contributed by atoms with E-state index in [-0.39, 0.29) is 24.7 Å². The molecule has 0 radical (unpaired) electrons. The normalized spacial score (nSPS) is 11.1. The van der Waals surface area contributed by atoms with Crippen LogP contribution in [0.2, 0.25) is 0 Å². The van der Waals surface area contributed by atoms with Crippen molar-refractivity contribution in [1.82, 2.24) is 4.90 Å². The van der Waals surface area contributed by atoms with Crippen LogP contribution in [0.5, 0.6) is 0 Å². The molecule has 5 heteroatoms. The molecule has 0 saturated carbocycles. The maximum atomic E-state index is 12.0. The summed E-state index contributed by atoms with van der Waals surface area (Å²) in [6.45, 7) is 5.96. The van der Waals surface area contributed by atoms with E-state index in [0.717, 1.165) is 10.0 Å². The highest BCUT2D eigenvalue weighted by Gasteiger charge is 2.18. The first kappa shape index (κ1) is 17.7. The summed E-state index contributed by atoms with van der Waals surface area (Å²) in [5, 5.41) is 0. The minimum absolute atomic E-state index is 0.0687. The number of rotatable bonds is 5. The van der Waals surface area contributed by atoms with Crippen molar-refractivity contribution in [2.24, 2.45) is 0 Å². The summed E-state index contributed by atoms with van der Waals surface area (Å²) in [7, 11) is 1.73. The van der Waals surface area contributed by atoms with Gasteiger partial charge in [-0.05, 0) is 38.5 Å². The number of hydrogen-bond acceptors (Lipinski definition) is 3. The van der Waals surface area contributed by atoms with Crippen LogP contribution in [-0.2, 0) is 20.9 Å². The summed E-state index contributed by atoms with van der Waals surface area (Å²) in [5.74, 6) is -0.410. The number of nitrogens with zero attached hydrogens (tertiary/aromatic N) is 1. The Bertz CT molecular complexity index is 508. The van der Waals surface area contributed by atoms with Crippen molar-refractivity contribution in [2.45, 2.75) is 45.8 Å². The van der Waals surface area contributed by atoms with Gasteiger partial charge in [0.2, 0.25) is 5.91 Å². The number of amides is 1. The molecule has 0 bridgehead atoms. The van der Waals surface area contributed by atoms with Gasteiger partial charge in [0, 0.05) is 24.5 Å². The maximum Gasteiger partial charge on any atom is 0.306 e. The third-order valence-electron chi connectivity index (χ3n) is 2.70. The van der Waals surface area contributed by atoms with Crippen molar-refractivity contribution in [3.8, 4) is 0 Å². The molecule has 0 N–H and O–H groups in total. The minimum atomic E-state index is -0.512. The van der Waals surface area contributed by atoms with E-state index in [1.54, 1.807) is 11.9 Å². The van der Waals surface area contributed by atoms with E-state index in [9.17, 15) is 9.59 Å². The van der Waals surface area contributed by atoms with Crippen LogP contribution < -0.4 is 0 Å². The molecule has 1 aromatic carbocycles. The van der Waals surface area contributed by atoms with Gasteiger partial charge in [0.15, 0.2) is 0 Å². The van der Waals surface area contributed by atoms with Gasteiger partial charge < -0.3 is 9.64 Å². The molecule has 0 spiro atoms. The molecule has 1 rings (SSSR count). The highest BCUT2D eigenvalue weighted by Crippen LogP contribution is 2.14. The first-order valence-electron chi connectivity index (χ1n) is 6.87. The summed E-state index contributed by atoms with van der Waals surface area (Å²) in [5.41, 5.74) is 0.528. The number of carbonyl (C=O) groups is 2. The quantitative estimate of drug-likeness (QED) is 0.759. The SMILES string of the molecule is CN(Cc1cccc(Br)c1)C(=O)CCC(=O)OC(C)(C)C. The fourth-order valence-corrected chi connectivity index (χ4v) is 2.24. The second-order valence-corrected chi connectivity index (χ2v) is 6.88. The number of ether oxygens (including phenoxy) is 1. The fraction of sp³-hybridized carbons (Fsp3) is 0.500. The van der Waals surface area contributed by atoms with E-state index in [0.29, 0.717) is 6.54 Å². The van der Waals surface area contributed by atoms with Crippen LogP contribution in [0.15, 0.2) is 28.7 Å². The van der Waals surface area contributed by atoms with Crippen LogP contribution in [0.25, 0.3) is 0 Å². The Labute approximate surface area is 134 Å². The highest BCUT2D eigenvalue weighted by atomic mass is 79.9. The molecule has 0 aliphatic heterocycles. The Hall–Kier alpha value is -1.36. The Morgan fingerprint density at radius 2 is 1.90 bits per heavy atom. The van der Waals surface area contributed by atoms with Crippen molar-refractivity contribution in [1.29, 1.82) is 0 Å². The number of esters is 1. The van der Waals surface area contributed by atoms with E-state index in [1.165, 1.54) is 0 Å². The summed E-state index contributed by atoms with van der Waals surface area (Å²) in [6, 6.07) is 7.80. The van der Waals surface area contributed by atoms with Gasteiger partial charge in [-0.25, -0.2) is 0 Å². The largest absolute Gasteiger partial charge is 0.460 e. The summed E-state index contributed by atoms with van der Waals surface area (Å²) < 4.78 is 6.17. The van der Waals surface area contributed by atoms with Crippen LogP contribution in [0.3, 0.4) is 0 Å². The first-order valence-corrected chi connectivity index (χ1v) is 7.67. The average molecular weight is 356 g/mol. The molecule has 1 amide bonds. The van der Waals surface area contributed by atoms with E-state index in [4.69, 9.17) is 4.74 Å². The minimum Gasteiger partial charge on any atom is -0.460 e. The molecule has 0 heterocycles. The van der Waals surface area contributed by atoms with Gasteiger partial charge in [0.1, 0.15) is 5.60 Å². The Morgan fingerprint density at radius 3 is 2.48 bits per heavy atom. The van der Waals surface area contributed by atoms with Crippen LogP contribution >= 0.6 is 15.9 Å². The van der Waals surface area contributed by atoms with Crippen molar-refractivity contribution in [3.05, 3.63) is 34.3 Å². The van der Waals surface area contributed by atoms with Gasteiger partial charge in [-0.2, -0.15) is 0 Å². The zero-order chi connectivity index (χ0) is 16.0. The number of halogens is 1. The molecule has 0 saturated heterocycles. The van der Waals surface area contributed by atoms with Gasteiger partial charge in [-0.1, -0.05) is 28.1 Å². The van der Waals surface area contributed by atoms with Crippen molar-refractivity contribution >= 4 is 27.8 Å². The molecule has 0 atom stereocenters. The molecule has 0 aromatic heterocycles. The van der Waals surface area contributed by atoms with Crippen LogP contribution in [0.1, 0.15) is 39.2 Å². The van der Waals surface area contributed by atoms with Gasteiger partial charge in [-0.3, -0.25) is 9.59 Å². The Balaban J connectivity index is 2.43. The number of hydrogen-bond donors (Lipinski definition) is 0. The van der Waals surface area contributed by atoms with Gasteiger partial charge >= 0.3 is 5.97 Å². The molecule has 0 aliphatic carbocycles. The van der Waals surface area contributed by atoms with Gasteiger partial charge in [-0.15, -0.1) is 0 Å². The summed E-state index contributed by atoms with van der Waals surface area (Å²) in [6.07, 6.45) is 0.276. The second-order valence-electron chi connectivity index (χ2n) is 5.97. The molecular formula is C16H22BrNO3. The fourth-order valence-electron chi connectivity index (χ4n) is 1.79. The van der Waals surface area contributed by atoms with E-state index < -0.39 is 5.60 Å². The summed E-state index contributed by atoms with van der Waals surface area (Å²) >= 11 is 3.40. The molecule has 0 fully saturated rings. The standard InChI is InChI=1S/C16H22BrNO3/c1-16(2,3)21-15(20)9-8-14(19)18(4)11-12-6-5-7-13(17)10-12/h5-7,10H,8-9,11H2,1-4H3. The van der Waals surface area contributed by atoms with Crippen LogP contribution in [0, 0.1) is 0 Å². The Morgan fingerprint density at radius 1 is 1.24 bits per heavy atom. The van der Waals surface area contributed by atoms with Crippen molar-refractivity contribution < 1.29 is 14.3 Å². The number of benzene rings is 1. The topological polar surface area (TPSA) is 46.6 Å². The zero-order valence-corrected chi connectivity index (χ0v) is 14.6.